The van der Waals surface area contributed by atoms with E-state index in [2.05, 4.69) is 15.9 Å². The van der Waals surface area contributed by atoms with E-state index in [1.165, 1.54) is 12.1 Å². The van der Waals surface area contributed by atoms with Gasteiger partial charge in [-0.3, -0.25) is 10.1 Å². The van der Waals surface area contributed by atoms with Crippen LogP contribution >= 0.6 is 15.9 Å². The normalized spacial score (nSPS) is 10.5. The summed E-state index contributed by atoms with van der Waals surface area (Å²) >= 11 is 3.29. The van der Waals surface area contributed by atoms with Crippen molar-refractivity contribution in [3.8, 4) is 5.75 Å². The number of likely N-dealkylation sites (N-methyl/N-ethyl adjacent to an activating group) is 1. The molecule has 1 rings (SSSR count). The van der Waals surface area contributed by atoms with Gasteiger partial charge in [-0.05, 0) is 36.1 Å². The van der Waals surface area contributed by atoms with Gasteiger partial charge < -0.3 is 9.64 Å². The summed E-state index contributed by atoms with van der Waals surface area (Å²) in [5.74, 6) is 0.496. The Morgan fingerprint density at radius 1 is 1.50 bits per heavy atom. The summed E-state index contributed by atoms with van der Waals surface area (Å²) in [6.45, 7) is 1.25. The maximum atomic E-state index is 10.6. The molecule has 0 aliphatic heterocycles. The van der Waals surface area contributed by atoms with E-state index in [9.17, 15) is 10.1 Å². The second kappa shape index (κ2) is 5.81. The van der Waals surface area contributed by atoms with E-state index >= 15 is 0 Å². The Bertz CT molecular complexity index is 382. The van der Waals surface area contributed by atoms with E-state index in [-0.39, 0.29) is 5.69 Å². The van der Waals surface area contributed by atoms with Gasteiger partial charge in [0.25, 0.3) is 5.69 Å². The van der Waals surface area contributed by atoms with Crippen molar-refractivity contribution < 1.29 is 9.66 Å². The molecule has 0 fully saturated rings. The molecule has 0 aromatic heterocycles. The fourth-order valence-electron chi connectivity index (χ4n) is 1.05. The molecule has 0 aliphatic rings. The van der Waals surface area contributed by atoms with Gasteiger partial charge in [0.2, 0.25) is 0 Å². The topological polar surface area (TPSA) is 55.6 Å². The molecule has 1 aromatic carbocycles. The molecule has 0 amide bonds. The molecule has 0 unspecified atom stereocenters. The van der Waals surface area contributed by atoms with Crippen molar-refractivity contribution >= 4 is 21.6 Å². The van der Waals surface area contributed by atoms with Gasteiger partial charge in [0.05, 0.1) is 15.5 Å². The van der Waals surface area contributed by atoms with Crippen LogP contribution in [0.25, 0.3) is 0 Å². The average Bonchev–Trinajstić information content (AvgIpc) is 2.20. The van der Waals surface area contributed by atoms with Crippen LogP contribution in [0.4, 0.5) is 5.69 Å². The quantitative estimate of drug-likeness (QED) is 0.616. The molecule has 5 nitrogen and oxygen atoms in total. The third kappa shape index (κ3) is 3.79. The lowest BCUT2D eigenvalue weighted by atomic mass is 10.3. The van der Waals surface area contributed by atoms with E-state index in [0.29, 0.717) is 12.4 Å². The third-order valence-corrected chi connectivity index (χ3v) is 2.58. The highest BCUT2D eigenvalue weighted by Gasteiger charge is 2.10. The fraction of sp³-hybridized carbons (Fsp3) is 0.400. The SMILES string of the molecule is CN(C)CCOc1cc([N+](=O)[O-])ccc1Br. The van der Waals surface area contributed by atoms with Crippen LogP contribution in [0.2, 0.25) is 0 Å². The van der Waals surface area contributed by atoms with Gasteiger partial charge in [0, 0.05) is 12.6 Å². The van der Waals surface area contributed by atoms with E-state index in [4.69, 9.17) is 4.74 Å². The zero-order valence-corrected chi connectivity index (χ0v) is 10.7. The number of benzene rings is 1. The molecule has 16 heavy (non-hydrogen) atoms. The van der Waals surface area contributed by atoms with Crippen LogP contribution in [-0.2, 0) is 0 Å². The van der Waals surface area contributed by atoms with Crippen molar-refractivity contribution in [2.45, 2.75) is 0 Å². The molecule has 6 heteroatoms. The number of nitrogens with zero attached hydrogens (tertiary/aromatic N) is 2. The van der Waals surface area contributed by atoms with E-state index in [1.54, 1.807) is 6.07 Å². The summed E-state index contributed by atoms with van der Waals surface area (Å²) in [6, 6.07) is 4.46. The molecule has 0 heterocycles. The Hall–Kier alpha value is -1.14. The number of nitro benzene ring substituents is 1. The van der Waals surface area contributed by atoms with Crippen LogP contribution < -0.4 is 4.74 Å². The number of halogens is 1. The number of rotatable bonds is 5. The lowest BCUT2D eigenvalue weighted by Crippen LogP contribution is -2.19. The molecule has 0 atom stereocenters. The molecule has 0 radical (unpaired) electrons. The van der Waals surface area contributed by atoms with Gasteiger partial charge in [-0.2, -0.15) is 0 Å². The molecular formula is C10H13BrN2O3. The molecule has 88 valence electrons. The van der Waals surface area contributed by atoms with Crippen molar-refractivity contribution in [1.29, 1.82) is 0 Å². The molecule has 0 saturated heterocycles. The van der Waals surface area contributed by atoms with Crippen LogP contribution in [0.5, 0.6) is 5.75 Å². The Kier molecular flexibility index (Phi) is 4.70. The molecule has 0 saturated carbocycles. The molecular weight excluding hydrogens is 276 g/mol. The number of non-ortho nitro benzene ring substituents is 1. The Morgan fingerprint density at radius 3 is 2.75 bits per heavy atom. The maximum Gasteiger partial charge on any atom is 0.273 e. The second-order valence-electron chi connectivity index (χ2n) is 3.52. The van der Waals surface area contributed by atoms with E-state index in [1.807, 2.05) is 19.0 Å². The van der Waals surface area contributed by atoms with Crippen LogP contribution in [0.15, 0.2) is 22.7 Å². The Morgan fingerprint density at radius 2 is 2.19 bits per heavy atom. The summed E-state index contributed by atoms with van der Waals surface area (Å²) in [6.07, 6.45) is 0. The lowest BCUT2D eigenvalue weighted by molar-refractivity contribution is -0.385. The van der Waals surface area contributed by atoms with Crippen LogP contribution in [0.1, 0.15) is 0 Å². The molecule has 0 aliphatic carbocycles. The van der Waals surface area contributed by atoms with Crippen LogP contribution in [0, 0.1) is 10.1 Å². The van der Waals surface area contributed by atoms with Gasteiger partial charge >= 0.3 is 0 Å². The number of hydrogen-bond acceptors (Lipinski definition) is 4. The van der Waals surface area contributed by atoms with Crippen molar-refractivity contribution in [3.05, 3.63) is 32.8 Å². The molecule has 0 N–H and O–H groups in total. The van der Waals surface area contributed by atoms with Crippen LogP contribution in [0.3, 0.4) is 0 Å². The fourth-order valence-corrected chi connectivity index (χ4v) is 1.42. The minimum atomic E-state index is -0.439. The smallest absolute Gasteiger partial charge is 0.273 e. The van der Waals surface area contributed by atoms with Crippen molar-refractivity contribution in [2.75, 3.05) is 27.2 Å². The van der Waals surface area contributed by atoms with Gasteiger partial charge in [0.15, 0.2) is 0 Å². The van der Waals surface area contributed by atoms with Crippen molar-refractivity contribution in [3.63, 3.8) is 0 Å². The standard InChI is InChI=1S/C10H13BrN2O3/c1-12(2)5-6-16-10-7-8(13(14)15)3-4-9(10)11/h3-4,7H,5-6H2,1-2H3. The van der Waals surface area contributed by atoms with Crippen LogP contribution in [-0.4, -0.2) is 37.1 Å². The van der Waals surface area contributed by atoms with Crippen molar-refractivity contribution in [2.24, 2.45) is 0 Å². The van der Waals surface area contributed by atoms with Gasteiger partial charge in [0.1, 0.15) is 12.4 Å². The van der Waals surface area contributed by atoms with Gasteiger partial charge in [-0.1, -0.05) is 0 Å². The largest absolute Gasteiger partial charge is 0.491 e. The first-order valence-corrected chi connectivity index (χ1v) is 5.51. The summed E-state index contributed by atoms with van der Waals surface area (Å²) < 4.78 is 6.16. The molecule has 1 aromatic rings. The minimum absolute atomic E-state index is 0.0306. The number of nitro groups is 1. The molecule has 0 spiro atoms. The zero-order valence-electron chi connectivity index (χ0n) is 9.14. The van der Waals surface area contributed by atoms with Crippen molar-refractivity contribution in [1.82, 2.24) is 4.90 Å². The lowest BCUT2D eigenvalue weighted by Gasteiger charge is -2.11. The average molecular weight is 289 g/mol. The highest BCUT2D eigenvalue weighted by atomic mass is 79.9. The molecule has 0 bridgehead atoms. The summed E-state index contributed by atoms with van der Waals surface area (Å²) in [4.78, 5) is 12.1. The zero-order chi connectivity index (χ0) is 12.1. The third-order valence-electron chi connectivity index (χ3n) is 1.92. The predicted octanol–water partition coefficient (Wildman–Crippen LogP) is 2.30. The first kappa shape index (κ1) is 12.9. The highest BCUT2D eigenvalue weighted by Crippen LogP contribution is 2.29. The second-order valence-corrected chi connectivity index (χ2v) is 4.38. The summed E-state index contributed by atoms with van der Waals surface area (Å²) in [7, 11) is 3.87. The van der Waals surface area contributed by atoms with E-state index in [0.717, 1.165) is 11.0 Å². The monoisotopic (exact) mass is 288 g/mol. The predicted molar refractivity (Wildman–Crippen MR) is 64.8 cm³/mol. The first-order chi connectivity index (χ1) is 7.50. The maximum absolute atomic E-state index is 10.6. The van der Waals surface area contributed by atoms with Gasteiger partial charge in [-0.25, -0.2) is 0 Å². The summed E-state index contributed by atoms with van der Waals surface area (Å²) in [5.41, 5.74) is 0.0306. The summed E-state index contributed by atoms with van der Waals surface area (Å²) in [5, 5.41) is 10.6. The number of hydrogen-bond donors (Lipinski definition) is 0. The van der Waals surface area contributed by atoms with E-state index < -0.39 is 4.92 Å². The Labute approximate surface area is 102 Å². The number of ether oxygens (including phenoxy) is 1. The van der Waals surface area contributed by atoms with Gasteiger partial charge in [-0.15, -0.1) is 0 Å². The Balaban J connectivity index is 2.70. The minimum Gasteiger partial charge on any atom is -0.491 e. The highest BCUT2D eigenvalue weighted by molar-refractivity contribution is 9.10. The first-order valence-electron chi connectivity index (χ1n) is 4.72.